The normalized spacial score (nSPS) is 10.1. The van der Waals surface area contributed by atoms with Gasteiger partial charge in [0.1, 0.15) is 17.4 Å². The summed E-state index contributed by atoms with van der Waals surface area (Å²) in [4.78, 5) is 0. The summed E-state index contributed by atoms with van der Waals surface area (Å²) >= 11 is 3.18. The number of aromatic nitrogens is 2. The second-order valence-corrected chi connectivity index (χ2v) is 4.91. The molecular formula is C13H10BrFN4. The summed E-state index contributed by atoms with van der Waals surface area (Å²) in [7, 11) is 0. The molecule has 0 saturated heterocycles. The van der Waals surface area contributed by atoms with Crippen molar-refractivity contribution in [2.45, 2.75) is 13.8 Å². The highest BCUT2D eigenvalue weighted by molar-refractivity contribution is 9.10. The van der Waals surface area contributed by atoms with Crippen LogP contribution in [0.3, 0.4) is 0 Å². The average molecular weight is 321 g/mol. The summed E-state index contributed by atoms with van der Waals surface area (Å²) in [6.45, 7) is 3.55. The Morgan fingerprint density at radius 1 is 1.32 bits per heavy atom. The number of halogens is 2. The molecule has 1 N–H and O–H groups in total. The van der Waals surface area contributed by atoms with Crippen LogP contribution in [-0.4, -0.2) is 10.2 Å². The maximum Gasteiger partial charge on any atom is 0.171 e. The Balaban J connectivity index is 2.44. The van der Waals surface area contributed by atoms with Crippen molar-refractivity contribution in [2.24, 2.45) is 0 Å². The first-order valence-corrected chi connectivity index (χ1v) is 6.28. The van der Waals surface area contributed by atoms with Crippen molar-refractivity contribution in [3.8, 4) is 6.07 Å². The Morgan fingerprint density at radius 3 is 2.68 bits per heavy atom. The summed E-state index contributed by atoms with van der Waals surface area (Å²) < 4.78 is 14.4. The van der Waals surface area contributed by atoms with Gasteiger partial charge in [0.15, 0.2) is 5.82 Å². The van der Waals surface area contributed by atoms with Gasteiger partial charge >= 0.3 is 0 Å². The molecule has 6 heteroatoms. The van der Waals surface area contributed by atoms with Crippen LogP contribution in [0.4, 0.5) is 15.9 Å². The molecular weight excluding hydrogens is 311 g/mol. The first-order chi connectivity index (χ1) is 9.02. The van der Waals surface area contributed by atoms with Crippen molar-refractivity contribution in [3.05, 3.63) is 45.3 Å². The first-order valence-electron chi connectivity index (χ1n) is 5.49. The topological polar surface area (TPSA) is 61.6 Å². The molecule has 0 unspecified atom stereocenters. The molecule has 0 radical (unpaired) electrons. The third-order valence-electron chi connectivity index (χ3n) is 2.75. The van der Waals surface area contributed by atoms with E-state index in [0.29, 0.717) is 15.7 Å². The largest absolute Gasteiger partial charge is 0.335 e. The Labute approximate surface area is 118 Å². The van der Waals surface area contributed by atoms with Gasteiger partial charge in [-0.1, -0.05) is 15.9 Å². The molecule has 0 amide bonds. The van der Waals surface area contributed by atoms with E-state index >= 15 is 0 Å². The van der Waals surface area contributed by atoms with E-state index in [2.05, 4.69) is 37.5 Å². The summed E-state index contributed by atoms with van der Waals surface area (Å²) in [5.41, 5.74) is 2.03. The minimum Gasteiger partial charge on any atom is -0.335 e. The third kappa shape index (κ3) is 2.71. The van der Waals surface area contributed by atoms with Crippen LogP contribution < -0.4 is 5.32 Å². The number of aryl methyl sites for hydroxylation is 1. The number of nitriles is 1. The van der Waals surface area contributed by atoms with E-state index in [1.54, 1.807) is 26.0 Å². The van der Waals surface area contributed by atoms with Gasteiger partial charge in [0, 0.05) is 4.47 Å². The van der Waals surface area contributed by atoms with Crippen LogP contribution in [-0.2, 0) is 0 Å². The van der Waals surface area contributed by atoms with E-state index in [1.165, 1.54) is 6.07 Å². The molecule has 0 aliphatic heterocycles. The number of benzene rings is 1. The molecule has 0 fully saturated rings. The molecule has 0 saturated carbocycles. The number of anilines is 2. The fourth-order valence-corrected chi connectivity index (χ4v) is 1.88. The maximum atomic E-state index is 13.7. The van der Waals surface area contributed by atoms with E-state index in [0.717, 1.165) is 5.56 Å². The number of nitrogens with zero attached hydrogens (tertiary/aromatic N) is 3. The fraction of sp³-hybridized carbons (Fsp3) is 0.154. The summed E-state index contributed by atoms with van der Waals surface area (Å²) in [6.07, 6.45) is 0. The fourth-order valence-electron chi connectivity index (χ4n) is 1.55. The molecule has 0 bridgehead atoms. The predicted molar refractivity (Wildman–Crippen MR) is 73.6 cm³/mol. The van der Waals surface area contributed by atoms with Crippen molar-refractivity contribution in [1.29, 1.82) is 5.26 Å². The Bertz CT molecular complexity index is 679. The van der Waals surface area contributed by atoms with Crippen molar-refractivity contribution < 1.29 is 4.39 Å². The minimum atomic E-state index is -0.432. The molecule has 96 valence electrons. The van der Waals surface area contributed by atoms with Gasteiger partial charge < -0.3 is 5.32 Å². The summed E-state index contributed by atoms with van der Waals surface area (Å²) in [5, 5.41) is 19.8. The average Bonchev–Trinajstić information content (AvgIpc) is 2.37. The van der Waals surface area contributed by atoms with E-state index in [-0.39, 0.29) is 11.5 Å². The van der Waals surface area contributed by atoms with Crippen molar-refractivity contribution in [2.75, 3.05) is 5.32 Å². The predicted octanol–water partition coefficient (Wildman–Crippen LogP) is 3.61. The molecule has 0 atom stereocenters. The molecule has 19 heavy (non-hydrogen) atoms. The minimum absolute atomic E-state index is 0.247. The van der Waals surface area contributed by atoms with Gasteiger partial charge in [-0.15, -0.1) is 5.10 Å². The van der Waals surface area contributed by atoms with E-state index in [9.17, 15) is 4.39 Å². The highest BCUT2D eigenvalue weighted by Gasteiger charge is 2.12. The first kappa shape index (κ1) is 13.4. The van der Waals surface area contributed by atoms with Crippen LogP contribution in [0.5, 0.6) is 0 Å². The third-order valence-corrected chi connectivity index (χ3v) is 3.24. The molecule has 0 spiro atoms. The van der Waals surface area contributed by atoms with Crippen LogP contribution in [0.15, 0.2) is 22.7 Å². The van der Waals surface area contributed by atoms with Crippen LogP contribution >= 0.6 is 15.9 Å². The Hall–Kier alpha value is -2.00. The summed E-state index contributed by atoms with van der Waals surface area (Å²) in [5.74, 6) is -0.176. The van der Waals surface area contributed by atoms with Crippen LogP contribution in [0.2, 0.25) is 0 Å². The quantitative estimate of drug-likeness (QED) is 0.918. The number of hydrogen-bond acceptors (Lipinski definition) is 4. The van der Waals surface area contributed by atoms with Gasteiger partial charge in [0.25, 0.3) is 0 Å². The van der Waals surface area contributed by atoms with E-state index < -0.39 is 5.82 Å². The van der Waals surface area contributed by atoms with Gasteiger partial charge in [-0.25, -0.2) is 4.39 Å². The molecule has 1 heterocycles. The zero-order valence-electron chi connectivity index (χ0n) is 10.3. The molecule has 0 aliphatic rings. The lowest BCUT2D eigenvalue weighted by atomic mass is 10.1. The van der Waals surface area contributed by atoms with Crippen molar-refractivity contribution >= 4 is 27.4 Å². The van der Waals surface area contributed by atoms with Gasteiger partial charge in [0.2, 0.25) is 0 Å². The lowest BCUT2D eigenvalue weighted by Crippen LogP contribution is -2.04. The Morgan fingerprint density at radius 2 is 2.05 bits per heavy atom. The lowest BCUT2D eigenvalue weighted by Gasteiger charge is -2.10. The smallest absolute Gasteiger partial charge is 0.171 e. The monoisotopic (exact) mass is 320 g/mol. The molecule has 2 aromatic rings. The number of hydrogen-bond donors (Lipinski definition) is 1. The molecule has 4 nitrogen and oxygen atoms in total. The molecule has 0 aliphatic carbocycles. The van der Waals surface area contributed by atoms with Crippen LogP contribution in [0, 0.1) is 31.0 Å². The Kier molecular flexibility index (Phi) is 3.76. The zero-order valence-corrected chi connectivity index (χ0v) is 11.9. The highest BCUT2D eigenvalue weighted by atomic mass is 79.9. The van der Waals surface area contributed by atoms with Crippen molar-refractivity contribution in [3.63, 3.8) is 0 Å². The lowest BCUT2D eigenvalue weighted by molar-refractivity contribution is 0.631. The highest BCUT2D eigenvalue weighted by Crippen LogP contribution is 2.25. The summed E-state index contributed by atoms with van der Waals surface area (Å²) in [6, 6.07) is 6.66. The maximum absolute atomic E-state index is 13.7. The SMILES string of the molecule is Cc1nnc(Nc2ccc(Br)cc2F)c(C#N)c1C. The second-order valence-electron chi connectivity index (χ2n) is 3.99. The molecule has 1 aromatic heterocycles. The number of rotatable bonds is 2. The standard InChI is InChI=1S/C13H10BrFN4/c1-7-8(2)18-19-13(10(7)6-16)17-12-4-3-9(14)5-11(12)15/h3-5H,1-2H3,(H,17,19). The van der Waals surface area contributed by atoms with Crippen LogP contribution in [0.25, 0.3) is 0 Å². The molecule has 2 rings (SSSR count). The van der Waals surface area contributed by atoms with Gasteiger partial charge in [-0.05, 0) is 37.6 Å². The second kappa shape index (κ2) is 5.33. The van der Waals surface area contributed by atoms with Gasteiger partial charge in [-0.2, -0.15) is 10.4 Å². The van der Waals surface area contributed by atoms with E-state index in [4.69, 9.17) is 5.26 Å². The van der Waals surface area contributed by atoms with Gasteiger partial charge in [0.05, 0.1) is 11.4 Å². The van der Waals surface area contributed by atoms with Crippen molar-refractivity contribution in [1.82, 2.24) is 10.2 Å². The van der Waals surface area contributed by atoms with E-state index in [1.807, 2.05) is 0 Å². The zero-order chi connectivity index (χ0) is 14.0. The number of nitrogens with one attached hydrogen (secondary N) is 1. The van der Waals surface area contributed by atoms with Crippen LogP contribution in [0.1, 0.15) is 16.8 Å². The molecule has 1 aromatic carbocycles. The van der Waals surface area contributed by atoms with Gasteiger partial charge in [-0.3, -0.25) is 0 Å².